The van der Waals surface area contributed by atoms with Gasteiger partial charge in [0.25, 0.3) is 0 Å². The maximum atomic E-state index is 13.5. The standard InChI is InChI=1S/C20H29FN2O4/c1-15-13-22(7-8-23(15)18-6-4-5-17(21)11-18)19(24)16(14-25-3)12-20(2)26-9-10-27-20/h4-6,11,15-16H,7-10,12-14H2,1-3H3/t15-,16?/m0/s1. The zero-order chi connectivity index (χ0) is 19.4. The third-order valence-corrected chi connectivity index (χ3v) is 5.31. The fourth-order valence-corrected chi connectivity index (χ4v) is 4.00. The molecule has 150 valence electrons. The van der Waals surface area contributed by atoms with Gasteiger partial charge in [0.1, 0.15) is 5.82 Å². The summed E-state index contributed by atoms with van der Waals surface area (Å²) in [5, 5.41) is 0. The summed E-state index contributed by atoms with van der Waals surface area (Å²) in [6, 6.07) is 6.70. The second-order valence-corrected chi connectivity index (χ2v) is 7.49. The number of carbonyl (C=O) groups excluding carboxylic acids is 1. The summed E-state index contributed by atoms with van der Waals surface area (Å²) in [4.78, 5) is 17.1. The van der Waals surface area contributed by atoms with Crippen LogP contribution in [0, 0.1) is 11.7 Å². The minimum atomic E-state index is -0.728. The first-order valence-corrected chi connectivity index (χ1v) is 9.50. The summed E-state index contributed by atoms with van der Waals surface area (Å²) in [6.45, 7) is 7.22. The van der Waals surface area contributed by atoms with Crippen molar-refractivity contribution in [2.24, 2.45) is 5.92 Å². The van der Waals surface area contributed by atoms with E-state index in [1.807, 2.05) is 17.9 Å². The number of amides is 1. The lowest BCUT2D eigenvalue weighted by Crippen LogP contribution is -2.55. The van der Waals surface area contributed by atoms with Gasteiger partial charge in [0.2, 0.25) is 5.91 Å². The van der Waals surface area contributed by atoms with Crippen LogP contribution in [0.1, 0.15) is 20.3 Å². The van der Waals surface area contributed by atoms with E-state index in [2.05, 4.69) is 11.8 Å². The van der Waals surface area contributed by atoms with Gasteiger partial charge >= 0.3 is 0 Å². The van der Waals surface area contributed by atoms with E-state index in [0.717, 1.165) is 5.69 Å². The Morgan fingerprint density at radius 3 is 2.74 bits per heavy atom. The highest BCUT2D eigenvalue weighted by atomic mass is 19.1. The number of hydrogen-bond donors (Lipinski definition) is 0. The Morgan fingerprint density at radius 1 is 1.37 bits per heavy atom. The van der Waals surface area contributed by atoms with Gasteiger partial charge in [0.15, 0.2) is 5.79 Å². The SMILES string of the molecule is COCC(CC1(C)OCCO1)C(=O)N1CCN(c2cccc(F)c2)[C@@H](C)C1. The molecule has 2 aliphatic heterocycles. The van der Waals surface area contributed by atoms with E-state index in [-0.39, 0.29) is 23.7 Å². The highest BCUT2D eigenvalue weighted by Crippen LogP contribution is 2.29. The van der Waals surface area contributed by atoms with Gasteiger partial charge in [-0.1, -0.05) is 6.07 Å². The Balaban J connectivity index is 1.64. The van der Waals surface area contributed by atoms with Crippen LogP contribution in [0.15, 0.2) is 24.3 Å². The Kier molecular flexibility index (Phi) is 6.34. The number of methoxy groups -OCH3 is 1. The third-order valence-electron chi connectivity index (χ3n) is 5.31. The average molecular weight is 380 g/mol. The predicted molar refractivity (Wildman–Crippen MR) is 100 cm³/mol. The zero-order valence-corrected chi connectivity index (χ0v) is 16.3. The molecule has 0 bridgehead atoms. The van der Waals surface area contributed by atoms with Crippen LogP contribution in [-0.4, -0.2) is 69.2 Å². The van der Waals surface area contributed by atoms with Gasteiger partial charge in [-0.3, -0.25) is 4.79 Å². The van der Waals surface area contributed by atoms with Gasteiger partial charge in [0, 0.05) is 44.9 Å². The minimum absolute atomic E-state index is 0.0583. The maximum Gasteiger partial charge on any atom is 0.228 e. The van der Waals surface area contributed by atoms with Crippen molar-refractivity contribution in [3.63, 3.8) is 0 Å². The van der Waals surface area contributed by atoms with Crippen molar-refractivity contribution >= 4 is 11.6 Å². The summed E-state index contributed by atoms with van der Waals surface area (Å²) in [5.74, 6) is -1.23. The summed E-state index contributed by atoms with van der Waals surface area (Å²) in [5.41, 5.74) is 0.850. The molecular formula is C20H29FN2O4. The lowest BCUT2D eigenvalue weighted by molar-refractivity contribution is -0.168. The predicted octanol–water partition coefficient (Wildman–Crippen LogP) is 2.28. The van der Waals surface area contributed by atoms with E-state index >= 15 is 0 Å². The summed E-state index contributed by atoms with van der Waals surface area (Å²) >= 11 is 0. The molecule has 0 saturated carbocycles. The number of nitrogens with zero attached hydrogens (tertiary/aromatic N) is 2. The smallest absolute Gasteiger partial charge is 0.228 e. The molecule has 1 aromatic carbocycles. The number of halogens is 1. The topological polar surface area (TPSA) is 51.2 Å². The second-order valence-electron chi connectivity index (χ2n) is 7.49. The average Bonchev–Trinajstić information content (AvgIpc) is 3.07. The van der Waals surface area contributed by atoms with E-state index in [4.69, 9.17) is 14.2 Å². The van der Waals surface area contributed by atoms with Crippen LogP contribution in [0.25, 0.3) is 0 Å². The first-order chi connectivity index (χ1) is 12.9. The molecule has 2 aliphatic rings. The number of carbonyl (C=O) groups is 1. The molecule has 2 atom stereocenters. The lowest BCUT2D eigenvalue weighted by atomic mass is 9.98. The monoisotopic (exact) mass is 380 g/mol. The van der Waals surface area contributed by atoms with Crippen LogP contribution in [0.3, 0.4) is 0 Å². The van der Waals surface area contributed by atoms with Gasteiger partial charge in [-0.15, -0.1) is 0 Å². The first kappa shape index (κ1) is 20.0. The molecule has 0 aromatic heterocycles. The molecule has 3 rings (SSSR count). The number of benzene rings is 1. The lowest BCUT2D eigenvalue weighted by Gasteiger charge is -2.42. The molecule has 2 heterocycles. The second kappa shape index (κ2) is 8.54. The zero-order valence-electron chi connectivity index (χ0n) is 16.3. The largest absolute Gasteiger partial charge is 0.384 e. The molecule has 2 saturated heterocycles. The normalized spacial score (nSPS) is 23.5. The van der Waals surface area contributed by atoms with Crippen molar-refractivity contribution in [2.45, 2.75) is 32.1 Å². The Hall–Kier alpha value is -1.70. The highest BCUT2D eigenvalue weighted by Gasteiger charge is 2.39. The molecule has 2 fully saturated rings. The van der Waals surface area contributed by atoms with Crippen molar-refractivity contribution in [2.75, 3.05) is 51.5 Å². The number of anilines is 1. The summed E-state index contributed by atoms with van der Waals surface area (Å²) in [6.07, 6.45) is 0.470. The maximum absolute atomic E-state index is 13.5. The van der Waals surface area contributed by atoms with E-state index < -0.39 is 5.79 Å². The van der Waals surface area contributed by atoms with Crippen molar-refractivity contribution in [1.82, 2.24) is 4.90 Å². The fraction of sp³-hybridized carbons (Fsp3) is 0.650. The van der Waals surface area contributed by atoms with Crippen molar-refractivity contribution < 1.29 is 23.4 Å². The Labute approximate surface area is 160 Å². The van der Waals surface area contributed by atoms with Crippen molar-refractivity contribution in [1.29, 1.82) is 0 Å². The molecule has 27 heavy (non-hydrogen) atoms. The number of ether oxygens (including phenoxy) is 3. The van der Waals surface area contributed by atoms with Crippen LogP contribution in [0.4, 0.5) is 10.1 Å². The Morgan fingerprint density at radius 2 is 2.11 bits per heavy atom. The van der Waals surface area contributed by atoms with Crippen LogP contribution < -0.4 is 4.90 Å². The molecule has 1 amide bonds. The molecule has 0 spiro atoms. The first-order valence-electron chi connectivity index (χ1n) is 9.50. The number of piperazine rings is 1. The van der Waals surface area contributed by atoms with E-state index in [9.17, 15) is 9.18 Å². The quantitative estimate of drug-likeness (QED) is 0.758. The van der Waals surface area contributed by atoms with Crippen LogP contribution in [-0.2, 0) is 19.0 Å². The van der Waals surface area contributed by atoms with E-state index in [1.165, 1.54) is 12.1 Å². The molecule has 1 aromatic rings. The molecular weight excluding hydrogens is 351 g/mol. The van der Waals surface area contributed by atoms with Gasteiger partial charge in [-0.2, -0.15) is 0 Å². The molecule has 7 heteroatoms. The van der Waals surface area contributed by atoms with Crippen molar-refractivity contribution in [3.05, 3.63) is 30.1 Å². The number of rotatable bonds is 6. The van der Waals surface area contributed by atoms with Gasteiger partial charge in [-0.05, 0) is 32.0 Å². The minimum Gasteiger partial charge on any atom is -0.384 e. The highest BCUT2D eigenvalue weighted by molar-refractivity contribution is 5.79. The van der Waals surface area contributed by atoms with Gasteiger partial charge in [0.05, 0.1) is 25.7 Å². The van der Waals surface area contributed by atoms with Gasteiger partial charge < -0.3 is 24.0 Å². The fourth-order valence-electron chi connectivity index (χ4n) is 4.00. The van der Waals surface area contributed by atoms with Crippen LogP contribution in [0.2, 0.25) is 0 Å². The molecule has 0 aliphatic carbocycles. The van der Waals surface area contributed by atoms with Crippen LogP contribution in [0.5, 0.6) is 0 Å². The molecule has 1 unspecified atom stereocenters. The molecule has 0 radical (unpaired) electrons. The number of hydrogen-bond acceptors (Lipinski definition) is 5. The van der Waals surface area contributed by atoms with Crippen molar-refractivity contribution in [3.8, 4) is 0 Å². The third kappa shape index (κ3) is 4.78. The summed E-state index contributed by atoms with van der Waals surface area (Å²) in [7, 11) is 1.60. The molecule has 6 nitrogen and oxygen atoms in total. The molecule has 0 N–H and O–H groups in total. The summed E-state index contributed by atoms with van der Waals surface area (Å²) < 4.78 is 30.2. The van der Waals surface area contributed by atoms with E-state index in [1.54, 1.807) is 13.2 Å². The van der Waals surface area contributed by atoms with Gasteiger partial charge in [-0.25, -0.2) is 4.39 Å². The van der Waals surface area contributed by atoms with E-state index in [0.29, 0.717) is 45.9 Å². The van der Waals surface area contributed by atoms with Crippen LogP contribution >= 0.6 is 0 Å². The Bertz CT molecular complexity index is 651.